The van der Waals surface area contributed by atoms with Crippen LogP contribution in [0.4, 0.5) is 0 Å². The van der Waals surface area contributed by atoms with Crippen molar-refractivity contribution in [2.75, 3.05) is 0 Å². The average molecular weight is 216 g/mol. The van der Waals surface area contributed by atoms with E-state index >= 15 is 0 Å². The normalized spacial score (nSPS) is 11.2. The highest BCUT2D eigenvalue weighted by Crippen LogP contribution is 2.23. The van der Waals surface area contributed by atoms with Crippen molar-refractivity contribution in [2.24, 2.45) is 0 Å². The lowest BCUT2D eigenvalue weighted by molar-refractivity contribution is 0.857. The van der Waals surface area contributed by atoms with Crippen LogP contribution in [0.2, 0.25) is 0 Å². The summed E-state index contributed by atoms with van der Waals surface area (Å²) in [5.41, 5.74) is 5.97. The van der Waals surface area contributed by atoms with Crippen LogP contribution >= 0.6 is 0 Å². The second-order valence-corrected chi connectivity index (χ2v) is 4.43. The van der Waals surface area contributed by atoms with Crippen molar-refractivity contribution in [1.29, 1.82) is 0 Å². The highest BCUT2D eigenvalue weighted by Gasteiger charge is 2.07. The quantitative estimate of drug-likeness (QED) is 0.654. The standard InChI is InChI=1S/C16H24/c1-5-8-14-12-11-13(4)15(9-6-2)16(14)10-7-3/h6,9,11-12H,5,7-8,10H2,1-4H3/b9-6-. The molecule has 0 heterocycles. The summed E-state index contributed by atoms with van der Waals surface area (Å²) in [7, 11) is 0. The maximum absolute atomic E-state index is 2.32. The zero-order valence-corrected chi connectivity index (χ0v) is 11.1. The van der Waals surface area contributed by atoms with Crippen LogP contribution < -0.4 is 0 Å². The lowest BCUT2D eigenvalue weighted by atomic mass is 9.91. The molecule has 0 aliphatic carbocycles. The predicted molar refractivity (Wildman–Crippen MR) is 73.9 cm³/mol. The smallest absolute Gasteiger partial charge is 0.0196 e. The zero-order valence-electron chi connectivity index (χ0n) is 11.1. The van der Waals surface area contributed by atoms with Gasteiger partial charge >= 0.3 is 0 Å². The van der Waals surface area contributed by atoms with Crippen LogP contribution in [0.25, 0.3) is 6.08 Å². The first-order valence-electron chi connectivity index (χ1n) is 6.48. The third-order valence-corrected chi connectivity index (χ3v) is 3.02. The van der Waals surface area contributed by atoms with Crippen molar-refractivity contribution in [3.8, 4) is 0 Å². The van der Waals surface area contributed by atoms with E-state index in [9.17, 15) is 0 Å². The zero-order chi connectivity index (χ0) is 12.0. The molecular formula is C16H24. The molecule has 0 spiro atoms. The first-order valence-corrected chi connectivity index (χ1v) is 6.48. The molecule has 1 rings (SSSR count). The topological polar surface area (TPSA) is 0 Å². The molecule has 0 heteroatoms. The van der Waals surface area contributed by atoms with E-state index < -0.39 is 0 Å². The Morgan fingerprint density at radius 1 is 1.06 bits per heavy atom. The van der Waals surface area contributed by atoms with Crippen LogP contribution in [-0.4, -0.2) is 0 Å². The molecule has 0 bridgehead atoms. The summed E-state index contributed by atoms with van der Waals surface area (Å²) in [5, 5.41) is 0. The Labute approximate surface area is 100 Å². The van der Waals surface area contributed by atoms with Gasteiger partial charge in [-0.3, -0.25) is 0 Å². The second kappa shape index (κ2) is 6.52. The number of allylic oxidation sites excluding steroid dienone is 1. The van der Waals surface area contributed by atoms with Crippen molar-refractivity contribution in [1.82, 2.24) is 0 Å². The van der Waals surface area contributed by atoms with Crippen LogP contribution in [0.15, 0.2) is 18.2 Å². The molecule has 0 atom stereocenters. The fourth-order valence-electron chi connectivity index (χ4n) is 2.27. The third kappa shape index (κ3) is 2.98. The summed E-state index contributed by atoms with van der Waals surface area (Å²) in [6, 6.07) is 4.58. The number of benzene rings is 1. The minimum absolute atomic E-state index is 1.21. The van der Waals surface area contributed by atoms with Crippen molar-refractivity contribution < 1.29 is 0 Å². The van der Waals surface area contributed by atoms with Gasteiger partial charge in [-0.15, -0.1) is 0 Å². The monoisotopic (exact) mass is 216 g/mol. The minimum Gasteiger partial charge on any atom is -0.0870 e. The number of hydrogen-bond acceptors (Lipinski definition) is 0. The van der Waals surface area contributed by atoms with Crippen LogP contribution in [0.3, 0.4) is 0 Å². The molecule has 0 aromatic heterocycles. The largest absolute Gasteiger partial charge is 0.0870 e. The maximum atomic E-state index is 2.32. The Morgan fingerprint density at radius 2 is 1.75 bits per heavy atom. The van der Waals surface area contributed by atoms with Gasteiger partial charge in [0.05, 0.1) is 0 Å². The Hall–Kier alpha value is -1.04. The molecule has 88 valence electrons. The molecule has 0 amide bonds. The number of rotatable bonds is 5. The first kappa shape index (κ1) is 13.0. The van der Waals surface area contributed by atoms with Gasteiger partial charge in [-0.2, -0.15) is 0 Å². The van der Waals surface area contributed by atoms with Gasteiger partial charge in [-0.05, 0) is 48.9 Å². The molecule has 0 N–H and O–H groups in total. The summed E-state index contributed by atoms with van der Waals surface area (Å²) >= 11 is 0. The molecule has 0 aliphatic rings. The van der Waals surface area contributed by atoms with E-state index in [0.29, 0.717) is 0 Å². The van der Waals surface area contributed by atoms with Gasteiger partial charge in [0.15, 0.2) is 0 Å². The van der Waals surface area contributed by atoms with E-state index in [4.69, 9.17) is 0 Å². The highest BCUT2D eigenvalue weighted by atomic mass is 14.1. The molecule has 0 saturated carbocycles. The molecule has 0 aliphatic heterocycles. The third-order valence-electron chi connectivity index (χ3n) is 3.02. The lowest BCUT2D eigenvalue weighted by Gasteiger charge is -2.14. The minimum atomic E-state index is 1.21. The molecule has 1 aromatic carbocycles. The molecule has 0 nitrogen and oxygen atoms in total. The molecular weight excluding hydrogens is 192 g/mol. The Kier molecular flexibility index (Phi) is 5.31. The summed E-state index contributed by atoms with van der Waals surface area (Å²) in [6.45, 7) is 8.83. The number of aryl methyl sites for hydroxylation is 2. The molecule has 16 heavy (non-hydrogen) atoms. The van der Waals surface area contributed by atoms with E-state index in [1.807, 2.05) is 0 Å². The van der Waals surface area contributed by atoms with Gasteiger partial charge in [-0.1, -0.05) is 51.0 Å². The lowest BCUT2D eigenvalue weighted by Crippen LogP contribution is -1.99. The van der Waals surface area contributed by atoms with E-state index in [1.165, 1.54) is 36.8 Å². The van der Waals surface area contributed by atoms with Gasteiger partial charge in [-0.25, -0.2) is 0 Å². The summed E-state index contributed by atoms with van der Waals surface area (Å²) < 4.78 is 0. The summed E-state index contributed by atoms with van der Waals surface area (Å²) in [5.74, 6) is 0. The Balaban J connectivity index is 3.24. The van der Waals surface area contributed by atoms with Crippen LogP contribution in [0.1, 0.15) is 55.9 Å². The van der Waals surface area contributed by atoms with Gasteiger partial charge in [0.25, 0.3) is 0 Å². The van der Waals surface area contributed by atoms with E-state index in [2.05, 4.69) is 52.0 Å². The Morgan fingerprint density at radius 3 is 2.31 bits per heavy atom. The average Bonchev–Trinajstić information content (AvgIpc) is 2.27. The summed E-state index contributed by atoms with van der Waals surface area (Å²) in [4.78, 5) is 0. The molecule has 1 aromatic rings. The van der Waals surface area contributed by atoms with Gasteiger partial charge in [0.2, 0.25) is 0 Å². The first-order chi connectivity index (χ1) is 7.74. The fraction of sp³-hybridized carbons (Fsp3) is 0.500. The molecule has 0 saturated heterocycles. The van der Waals surface area contributed by atoms with E-state index in [-0.39, 0.29) is 0 Å². The van der Waals surface area contributed by atoms with Crippen LogP contribution in [0.5, 0.6) is 0 Å². The fourth-order valence-corrected chi connectivity index (χ4v) is 2.27. The second-order valence-electron chi connectivity index (χ2n) is 4.43. The van der Waals surface area contributed by atoms with E-state index in [1.54, 1.807) is 11.1 Å². The van der Waals surface area contributed by atoms with Crippen molar-refractivity contribution in [3.63, 3.8) is 0 Å². The van der Waals surface area contributed by atoms with Crippen LogP contribution in [0, 0.1) is 6.92 Å². The predicted octanol–water partition coefficient (Wildman–Crippen LogP) is 4.93. The molecule has 0 fully saturated rings. The highest BCUT2D eigenvalue weighted by molar-refractivity contribution is 5.59. The maximum Gasteiger partial charge on any atom is -0.0196 e. The number of hydrogen-bond donors (Lipinski definition) is 0. The SMILES string of the molecule is C/C=C\c1c(C)ccc(CCC)c1CCC. The van der Waals surface area contributed by atoms with Crippen LogP contribution in [-0.2, 0) is 12.8 Å². The Bertz CT molecular complexity index is 359. The molecule has 0 unspecified atom stereocenters. The van der Waals surface area contributed by atoms with Gasteiger partial charge in [0.1, 0.15) is 0 Å². The van der Waals surface area contributed by atoms with E-state index in [0.717, 1.165) is 0 Å². The van der Waals surface area contributed by atoms with Crippen molar-refractivity contribution in [3.05, 3.63) is 40.5 Å². The van der Waals surface area contributed by atoms with Gasteiger partial charge in [0, 0.05) is 0 Å². The molecule has 0 radical (unpaired) electrons. The summed E-state index contributed by atoms with van der Waals surface area (Å²) in [6.07, 6.45) is 9.29. The van der Waals surface area contributed by atoms with Crippen molar-refractivity contribution in [2.45, 2.75) is 53.4 Å². The van der Waals surface area contributed by atoms with Crippen molar-refractivity contribution >= 4 is 6.08 Å². The van der Waals surface area contributed by atoms with Gasteiger partial charge < -0.3 is 0 Å².